The second-order valence-electron chi connectivity index (χ2n) is 6.02. The van der Waals surface area contributed by atoms with Gasteiger partial charge in [-0.1, -0.05) is 82.4 Å². The molecule has 130 valence electrons. The molecule has 0 unspecified atom stereocenters. The second kappa shape index (κ2) is 12.2. The van der Waals surface area contributed by atoms with Crippen LogP contribution in [0.4, 0.5) is 5.69 Å². The van der Waals surface area contributed by atoms with Crippen molar-refractivity contribution in [2.75, 3.05) is 12.3 Å². The minimum atomic E-state index is -0.388. The van der Waals surface area contributed by atoms with E-state index in [2.05, 4.69) is 6.92 Å². The van der Waals surface area contributed by atoms with Crippen molar-refractivity contribution < 1.29 is 9.53 Å². The molecule has 0 saturated carbocycles. The van der Waals surface area contributed by atoms with Gasteiger partial charge in [0.2, 0.25) is 0 Å². The smallest absolute Gasteiger partial charge is 0.340 e. The third kappa shape index (κ3) is 8.26. The van der Waals surface area contributed by atoms with Crippen LogP contribution >= 0.6 is 11.6 Å². The van der Waals surface area contributed by atoms with Gasteiger partial charge >= 0.3 is 5.97 Å². The number of nitrogens with two attached hydrogens (primary N) is 1. The molecule has 0 saturated heterocycles. The minimum absolute atomic E-state index is 0.294. The third-order valence-corrected chi connectivity index (χ3v) is 4.33. The van der Waals surface area contributed by atoms with Gasteiger partial charge in [0, 0.05) is 0 Å². The average molecular weight is 340 g/mol. The Balaban J connectivity index is 2.03. The number of unbranched alkanes of at least 4 members (excludes halogenated alkanes) is 9. The molecular weight excluding hydrogens is 310 g/mol. The number of halogens is 1. The first-order valence-corrected chi connectivity index (χ1v) is 9.25. The number of para-hydroxylation sites is 1. The van der Waals surface area contributed by atoms with Crippen LogP contribution in [0.2, 0.25) is 5.02 Å². The fourth-order valence-corrected chi connectivity index (χ4v) is 2.72. The Kier molecular flexibility index (Phi) is 10.5. The van der Waals surface area contributed by atoms with E-state index in [0.29, 0.717) is 22.9 Å². The number of anilines is 1. The Bertz CT molecular complexity index is 463. The van der Waals surface area contributed by atoms with Crippen molar-refractivity contribution in [1.29, 1.82) is 0 Å². The number of nitrogen functional groups attached to an aromatic ring is 1. The molecule has 23 heavy (non-hydrogen) atoms. The molecule has 0 aliphatic carbocycles. The summed E-state index contributed by atoms with van der Waals surface area (Å²) in [6.45, 7) is 2.69. The molecule has 0 aromatic heterocycles. The fourth-order valence-electron chi connectivity index (χ4n) is 2.55. The highest BCUT2D eigenvalue weighted by Crippen LogP contribution is 2.23. The van der Waals surface area contributed by atoms with E-state index < -0.39 is 0 Å². The van der Waals surface area contributed by atoms with Crippen LogP contribution in [0.5, 0.6) is 0 Å². The van der Waals surface area contributed by atoms with Crippen LogP contribution in [-0.2, 0) is 4.74 Å². The van der Waals surface area contributed by atoms with Gasteiger partial charge < -0.3 is 10.5 Å². The lowest BCUT2D eigenvalue weighted by atomic mass is 10.1. The van der Waals surface area contributed by atoms with E-state index in [1.807, 2.05) is 0 Å². The minimum Gasteiger partial charge on any atom is -0.462 e. The number of carbonyl (C=O) groups is 1. The van der Waals surface area contributed by atoms with Crippen molar-refractivity contribution in [3.05, 3.63) is 28.8 Å². The monoisotopic (exact) mass is 339 g/mol. The van der Waals surface area contributed by atoms with Crippen LogP contribution in [0.1, 0.15) is 81.5 Å². The zero-order valence-corrected chi connectivity index (χ0v) is 15.0. The van der Waals surface area contributed by atoms with Gasteiger partial charge in [-0.3, -0.25) is 0 Å². The van der Waals surface area contributed by atoms with Crippen molar-refractivity contribution in [2.24, 2.45) is 0 Å². The standard InChI is InChI=1S/C19H30ClNO2/c1-2-3-4-5-6-7-8-9-10-11-15-23-19(22)16-13-12-14-17(20)18(16)21/h12-14H,2-11,15,21H2,1H3. The Morgan fingerprint density at radius 2 is 1.57 bits per heavy atom. The summed E-state index contributed by atoms with van der Waals surface area (Å²) in [4.78, 5) is 11.9. The van der Waals surface area contributed by atoms with E-state index in [9.17, 15) is 4.79 Å². The molecule has 0 heterocycles. The maximum atomic E-state index is 11.9. The molecule has 0 aliphatic heterocycles. The maximum Gasteiger partial charge on any atom is 0.340 e. The van der Waals surface area contributed by atoms with Crippen molar-refractivity contribution in [2.45, 2.75) is 71.1 Å². The number of benzene rings is 1. The summed E-state index contributed by atoms with van der Waals surface area (Å²) < 4.78 is 5.26. The molecule has 3 nitrogen and oxygen atoms in total. The zero-order valence-electron chi connectivity index (χ0n) is 14.3. The molecule has 0 aliphatic rings. The Hall–Kier alpha value is -1.22. The number of hydrogen-bond acceptors (Lipinski definition) is 3. The molecule has 1 aromatic rings. The lowest BCUT2D eigenvalue weighted by Crippen LogP contribution is -2.09. The van der Waals surface area contributed by atoms with Gasteiger partial charge in [-0.15, -0.1) is 0 Å². The van der Waals surface area contributed by atoms with Crippen molar-refractivity contribution >= 4 is 23.3 Å². The van der Waals surface area contributed by atoms with Gasteiger partial charge in [0.1, 0.15) is 0 Å². The average Bonchev–Trinajstić information content (AvgIpc) is 2.55. The summed E-state index contributed by atoms with van der Waals surface area (Å²) >= 11 is 5.90. The predicted octanol–water partition coefficient (Wildman–Crippen LogP) is 6.00. The maximum absolute atomic E-state index is 11.9. The van der Waals surface area contributed by atoms with E-state index in [0.717, 1.165) is 12.8 Å². The van der Waals surface area contributed by atoms with Gasteiger partial charge in [0.15, 0.2) is 0 Å². The van der Waals surface area contributed by atoms with Crippen molar-refractivity contribution in [3.8, 4) is 0 Å². The van der Waals surface area contributed by atoms with E-state index in [1.165, 1.54) is 51.4 Å². The largest absolute Gasteiger partial charge is 0.462 e. The predicted molar refractivity (Wildman–Crippen MR) is 98.0 cm³/mol. The van der Waals surface area contributed by atoms with Crippen LogP contribution in [0, 0.1) is 0 Å². The summed E-state index contributed by atoms with van der Waals surface area (Å²) in [6, 6.07) is 5.01. The number of rotatable bonds is 12. The highest BCUT2D eigenvalue weighted by molar-refractivity contribution is 6.33. The number of hydrogen-bond donors (Lipinski definition) is 1. The normalized spacial score (nSPS) is 10.7. The van der Waals surface area contributed by atoms with Crippen LogP contribution in [0.25, 0.3) is 0 Å². The summed E-state index contributed by atoms with van der Waals surface area (Å²) in [5.74, 6) is -0.388. The molecule has 0 radical (unpaired) electrons. The van der Waals surface area contributed by atoms with Gasteiger partial charge in [-0.2, -0.15) is 0 Å². The molecule has 2 N–H and O–H groups in total. The Morgan fingerprint density at radius 1 is 1.00 bits per heavy atom. The van der Waals surface area contributed by atoms with Gasteiger partial charge in [0.05, 0.1) is 22.9 Å². The summed E-state index contributed by atoms with van der Waals surface area (Å²) in [5, 5.41) is 0.387. The van der Waals surface area contributed by atoms with Gasteiger partial charge in [0.25, 0.3) is 0 Å². The molecular formula is C19H30ClNO2. The molecule has 0 bridgehead atoms. The summed E-state index contributed by atoms with van der Waals surface area (Å²) in [5.41, 5.74) is 6.42. The lowest BCUT2D eigenvalue weighted by Gasteiger charge is -2.08. The van der Waals surface area contributed by atoms with E-state index in [1.54, 1.807) is 18.2 Å². The van der Waals surface area contributed by atoms with Crippen LogP contribution in [-0.4, -0.2) is 12.6 Å². The van der Waals surface area contributed by atoms with E-state index >= 15 is 0 Å². The first-order chi connectivity index (χ1) is 11.2. The van der Waals surface area contributed by atoms with Crippen LogP contribution in [0.15, 0.2) is 18.2 Å². The molecule has 0 amide bonds. The fraction of sp³-hybridized carbons (Fsp3) is 0.632. The van der Waals surface area contributed by atoms with Crippen molar-refractivity contribution in [3.63, 3.8) is 0 Å². The first kappa shape index (κ1) is 19.8. The Morgan fingerprint density at radius 3 is 2.17 bits per heavy atom. The number of ether oxygens (including phenoxy) is 1. The van der Waals surface area contributed by atoms with E-state index in [4.69, 9.17) is 22.1 Å². The highest BCUT2D eigenvalue weighted by atomic mass is 35.5. The molecule has 0 spiro atoms. The summed E-state index contributed by atoms with van der Waals surface area (Å²) in [7, 11) is 0. The first-order valence-electron chi connectivity index (χ1n) is 8.88. The number of carbonyl (C=O) groups excluding carboxylic acids is 1. The lowest BCUT2D eigenvalue weighted by molar-refractivity contribution is 0.0499. The third-order valence-electron chi connectivity index (χ3n) is 4.00. The van der Waals surface area contributed by atoms with Gasteiger partial charge in [-0.25, -0.2) is 4.79 Å². The van der Waals surface area contributed by atoms with Gasteiger partial charge in [-0.05, 0) is 18.6 Å². The highest BCUT2D eigenvalue weighted by Gasteiger charge is 2.12. The SMILES string of the molecule is CCCCCCCCCCCCOC(=O)c1cccc(Cl)c1N. The Labute approximate surface area is 145 Å². The molecule has 1 rings (SSSR count). The quantitative estimate of drug-likeness (QED) is 0.288. The van der Waals surface area contributed by atoms with Crippen molar-refractivity contribution in [1.82, 2.24) is 0 Å². The molecule has 0 fully saturated rings. The van der Waals surface area contributed by atoms with Crippen LogP contribution in [0.3, 0.4) is 0 Å². The number of esters is 1. The van der Waals surface area contributed by atoms with E-state index in [-0.39, 0.29) is 5.97 Å². The topological polar surface area (TPSA) is 52.3 Å². The summed E-state index contributed by atoms with van der Waals surface area (Å²) in [6.07, 6.45) is 12.6. The second-order valence-corrected chi connectivity index (χ2v) is 6.43. The van der Waals surface area contributed by atoms with Crippen LogP contribution < -0.4 is 5.73 Å². The zero-order chi connectivity index (χ0) is 16.9. The molecule has 4 heteroatoms. The molecule has 1 aromatic carbocycles. The molecule has 0 atom stereocenters.